The number of halogens is 1. The molecule has 1 N–H and O–H groups in total. The SMILES string of the molecule is CCNc1ncnc(Oc2ccc(C)c(F)c2)c1C(C)C. The normalized spacial score (nSPS) is 10.8. The highest BCUT2D eigenvalue weighted by Gasteiger charge is 2.16. The number of benzene rings is 1. The molecule has 5 heteroatoms. The fourth-order valence-electron chi connectivity index (χ4n) is 2.04. The largest absolute Gasteiger partial charge is 0.438 e. The monoisotopic (exact) mass is 289 g/mol. The molecule has 112 valence electrons. The number of rotatable bonds is 5. The van der Waals surface area contributed by atoms with Crippen LogP contribution in [0.1, 0.15) is 37.8 Å². The van der Waals surface area contributed by atoms with E-state index in [1.807, 2.05) is 20.8 Å². The Kier molecular flexibility index (Phi) is 4.73. The molecule has 0 atom stereocenters. The lowest BCUT2D eigenvalue weighted by molar-refractivity contribution is 0.447. The number of aromatic nitrogens is 2. The van der Waals surface area contributed by atoms with Crippen LogP contribution in [-0.2, 0) is 0 Å². The Hall–Kier alpha value is -2.17. The molecular weight excluding hydrogens is 269 g/mol. The highest BCUT2D eigenvalue weighted by Crippen LogP contribution is 2.33. The molecule has 0 fully saturated rings. The lowest BCUT2D eigenvalue weighted by Crippen LogP contribution is -2.07. The quantitative estimate of drug-likeness (QED) is 0.892. The Balaban J connectivity index is 2.38. The van der Waals surface area contributed by atoms with Crippen LogP contribution >= 0.6 is 0 Å². The maximum Gasteiger partial charge on any atom is 0.227 e. The molecule has 4 nitrogen and oxygen atoms in total. The summed E-state index contributed by atoms with van der Waals surface area (Å²) in [5, 5.41) is 3.20. The Morgan fingerprint density at radius 3 is 2.67 bits per heavy atom. The summed E-state index contributed by atoms with van der Waals surface area (Å²) < 4.78 is 19.4. The lowest BCUT2D eigenvalue weighted by Gasteiger charge is -2.16. The second kappa shape index (κ2) is 6.52. The van der Waals surface area contributed by atoms with E-state index in [1.165, 1.54) is 12.4 Å². The molecule has 0 spiro atoms. The van der Waals surface area contributed by atoms with Crippen LogP contribution in [0.5, 0.6) is 11.6 Å². The van der Waals surface area contributed by atoms with Crippen molar-refractivity contribution in [1.29, 1.82) is 0 Å². The van der Waals surface area contributed by atoms with Gasteiger partial charge in [0.2, 0.25) is 5.88 Å². The van der Waals surface area contributed by atoms with E-state index < -0.39 is 0 Å². The zero-order chi connectivity index (χ0) is 15.4. The number of hydrogen-bond donors (Lipinski definition) is 1. The van der Waals surface area contributed by atoms with Crippen molar-refractivity contribution in [3.05, 3.63) is 41.5 Å². The molecule has 0 saturated heterocycles. The van der Waals surface area contributed by atoms with Gasteiger partial charge < -0.3 is 10.1 Å². The van der Waals surface area contributed by atoms with E-state index in [4.69, 9.17) is 4.74 Å². The van der Waals surface area contributed by atoms with E-state index in [2.05, 4.69) is 15.3 Å². The molecule has 2 rings (SSSR count). The van der Waals surface area contributed by atoms with Gasteiger partial charge in [-0.2, -0.15) is 0 Å². The minimum Gasteiger partial charge on any atom is -0.438 e. The Bertz CT molecular complexity index is 629. The molecule has 21 heavy (non-hydrogen) atoms. The van der Waals surface area contributed by atoms with E-state index >= 15 is 0 Å². The van der Waals surface area contributed by atoms with Crippen LogP contribution in [0.3, 0.4) is 0 Å². The van der Waals surface area contributed by atoms with Gasteiger partial charge in [-0.1, -0.05) is 19.9 Å². The van der Waals surface area contributed by atoms with Gasteiger partial charge in [-0.25, -0.2) is 14.4 Å². The molecule has 1 heterocycles. The van der Waals surface area contributed by atoms with Gasteiger partial charge in [0.1, 0.15) is 23.7 Å². The van der Waals surface area contributed by atoms with E-state index in [0.29, 0.717) is 17.2 Å². The number of hydrogen-bond acceptors (Lipinski definition) is 4. The summed E-state index contributed by atoms with van der Waals surface area (Å²) in [6.45, 7) is 8.56. The third-order valence-electron chi connectivity index (χ3n) is 3.13. The molecule has 0 aliphatic rings. The average molecular weight is 289 g/mol. The number of ether oxygens (including phenoxy) is 1. The zero-order valence-corrected chi connectivity index (χ0v) is 12.8. The topological polar surface area (TPSA) is 47.0 Å². The van der Waals surface area contributed by atoms with Crippen molar-refractivity contribution in [2.24, 2.45) is 0 Å². The van der Waals surface area contributed by atoms with Gasteiger partial charge in [0, 0.05) is 12.6 Å². The summed E-state index contributed by atoms with van der Waals surface area (Å²) in [6.07, 6.45) is 1.45. The molecule has 1 aromatic carbocycles. The second-order valence-electron chi connectivity index (χ2n) is 5.14. The first kappa shape index (κ1) is 15.2. The Labute approximate surface area is 124 Å². The summed E-state index contributed by atoms with van der Waals surface area (Å²) in [4.78, 5) is 8.44. The van der Waals surface area contributed by atoms with Crippen molar-refractivity contribution in [1.82, 2.24) is 9.97 Å². The van der Waals surface area contributed by atoms with Gasteiger partial charge >= 0.3 is 0 Å². The molecule has 2 aromatic rings. The van der Waals surface area contributed by atoms with Crippen LogP contribution in [0.2, 0.25) is 0 Å². The molecule has 0 aliphatic carbocycles. The van der Waals surface area contributed by atoms with Crippen LogP contribution in [0.25, 0.3) is 0 Å². The number of nitrogens with zero attached hydrogens (tertiary/aromatic N) is 2. The Morgan fingerprint density at radius 1 is 1.29 bits per heavy atom. The van der Waals surface area contributed by atoms with Gasteiger partial charge in [-0.15, -0.1) is 0 Å². The molecule has 0 aliphatic heterocycles. The molecule has 0 amide bonds. The van der Waals surface area contributed by atoms with E-state index in [9.17, 15) is 4.39 Å². The molecule has 0 radical (unpaired) electrons. The first-order valence-corrected chi connectivity index (χ1v) is 7.05. The highest BCUT2D eigenvalue weighted by molar-refractivity contribution is 5.51. The maximum atomic E-state index is 13.6. The number of anilines is 1. The standard InChI is InChI=1S/C16H20FN3O/c1-5-18-15-14(10(2)3)16(20-9-19-15)21-12-7-6-11(4)13(17)8-12/h6-10H,5H2,1-4H3,(H,18,19,20). The van der Waals surface area contributed by atoms with Gasteiger partial charge in [0.05, 0.1) is 5.56 Å². The van der Waals surface area contributed by atoms with E-state index in [0.717, 1.165) is 17.9 Å². The number of nitrogens with one attached hydrogen (secondary N) is 1. The molecule has 0 bridgehead atoms. The maximum absolute atomic E-state index is 13.6. The van der Waals surface area contributed by atoms with Crippen molar-refractivity contribution in [3.63, 3.8) is 0 Å². The second-order valence-corrected chi connectivity index (χ2v) is 5.14. The van der Waals surface area contributed by atoms with E-state index in [1.54, 1.807) is 19.1 Å². The number of aryl methyl sites for hydroxylation is 1. The minimum atomic E-state index is -0.292. The van der Waals surface area contributed by atoms with Gasteiger partial charge in [-0.05, 0) is 31.4 Å². The van der Waals surface area contributed by atoms with Crippen molar-refractivity contribution in [3.8, 4) is 11.6 Å². The third-order valence-corrected chi connectivity index (χ3v) is 3.13. The van der Waals surface area contributed by atoms with Crippen molar-refractivity contribution in [2.45, 2.75) is 33.6 Å². The van der Waals surface area contributed by atoms with E-state index in [-0.39, 0.29) is 11.7 Å². The molecule has 0 saturated carbocycles. The van der Waals surface area contributed by atoms with Crippen molar-refractivity contribution < 1.29 is 9.13 Å². The van der Waals surface area contributed by atoms with Gasteiger partial charge in [0.15, 0.2) is 0 Å². The van der Waals surface area contributed by atoms with Crippen molar-refractivity contribution in [2.75, 3.05) is 11.9 Å². The van der Waals surface area contributed by atoms with Gasteiger partial charge in [-0.3, -0.25) is 0 Å². The van der Waals surface area contributed by atoms with Crippen LogP contribution in [0, 0.1) is 12.7 Å². The third kappa shape index (κ3) is 3.48. The smallest absolute Gasteiger partial charge is 0.227 e. The summed E-state index contributed by atoms with van der Waals surface area (Å²) in [6, 6.07) is 4.79. The van der Waals surface area contributed by atoms with Crippen LogP contribution in [0.15, 0.2) is 24.5 Å². The summed E-state index contributed by atoms with van der Waals surface area (Å²) >= 11 is 0. The predicted molar refractivity (Wildman–Crippen MR) is 81.5 cm³/mol. The zero-order valence-electron chi connectivity index (χ0n) is 12.8. The van der Waals surface area contributed by atoms with Crippen LogP contribution in [0.4, 0.5) is 10.2 Å². The fourth-order valence-corrected chi connectivity index (χ4v) is 2.04. The summed E-state index contributed by atoms with van der Waals surface area (Å²) in [7, 11) is 0. The first-order valence-electron chi connectivity index (χ1n) is 7.05. The average Bonchev–Trinajstić information content (AvgIpc) is 2.43. The predicted octanol–water partition coefficient (Wildman–Crippen LogP) is 4.27. The lowest BCUT2D eigenvalue weighted by atomic mass is 10.1. The van der Waals surface area contributed by atoms with Gasteiger partial charge in [0.25, 0.3) is 0 Å². The summed E-state index contributed by atoms with van der Waals surface area (Å²) in [5.41, 5.74) is 1.47. The molecular formula is C16H20FN3O. The molecule has 1 aromatic heterocycles. The first-order chi connectivity index (χ1) is 10.0. The minimum absolute atomic E-state index is 0.186. The van der Waals surface area contributed by atoms with Crippen LogP contribution in [-0.4, -0.2) is 16.5 Å². The van der Waals surface area contributed by atoms with Crippen molar-refractivity contribution >= 4 is 5.82 Å². The summed E-state index contributed by atoms with van der Waals surface area (Å²) in [5.74, 6) is 1.54. The Morgan fingerprint density at radius 2 is 2.05 bits per heavy atom. The van der Waals surface area contributed by atoms with Crippen LogP contribution < -0.4 is 10.1 Å². The highest BCUT2D eigenvalue weighted by atomic mass is 19.1. The fraction of sp³-hybridized carbons (Fsp3) is 0.375. The molecule has 0 unspecified atom stereocenters.